The van der Waals surface area contributed by atoms with E-state index in [0.29, 0.717) is 20.6 Å². The summed E-state index contributed by atoms with van der Waals surface area (Å²) in [4.78, 5) is 31.1. The van der Waals surface area contributed by atoms with Crippen molar-refractivity contribution in [3.05, 3.63) is 78.7 Å². The summed E-state index contributed by atoms with van der Waals surface area (Å²) >= 11 is 1.19. The van der Waals surface area contributed by atoms with E-state index in [4.69, 9.17) is 4.74 Å². The summed E-state index contributed by atoms with van der Waals surface area (Å²) in [6.07, 6.45) is 5.11. The average Bonchev–Trinajstić information content (AvgIpc) is 3.30. The molecule has 3 aromatic rings. The minimum absolute atomic E-state index is 0.0314. The van der Waals surface area contributed by atoms with Gasteiger partial charge < -0.3 is 9.47 Å². The lowest BCUT2D eigenvalue weighted by Crippen LogP contribution is -2.39. The summed E-state index contributed by atoms with van der Waals surface area (Å²) in [6, 6.07) is 4.98. The number of carbonyl (C=O) groups is 1. The Morgan fingerprint density at radius 2 is 2.03 bits per heavy atom. The zero-order chi connectivity index (χ0) is 23.7. The van der Waals surface area contributed by atoms with Gasteiger partial charge in [-0.2, -0.15) is 13.9 Å². The Hall–Kier alpha value is -3.60. The number of carbonyl (C=O) groups excluding carboxylic acids is 1. The van der Waals surface area contributed by atoms with Crippen LogP contribution < -0.4 is 19.6 Å². The predicted octanol–water partition coefficient (Wildman–Crippen LogP) is 2.13. The summed E-state index contributed by atoms with van der Waals surface area (Å²) in [5.41, 5.74) is 1.56. The lowest BCUT2D eigenvalue weighted by molar-refractivity contribution is -0.139. The van der Waals surface area contributed by atoms with E-state index in [1.807, 2.05) is 0 Å². The second kappa shape index (κ2) is 9.10. The van der Waals surface area contributed by atoms with Gasteiger partial charge in [0.15, 0.2) is 4.80 Å². The summed E-state index contributed by atoms with van der Waals surface area (Å²) < 4.78 is 38.2. The number of rotatable bonds is 6. The fourth-order valence-electron chi connectivity index (χ4n) is 3.60. The average molecular weight is 474 g/mol. The van der Waals surface area contributed by atoms with Crippen LogP contribution in [0.1, 0.15) is 31.0 Å². The molecule has 0 saturated carbocycles. The number of thiazole rings is 1. The number of allylic oxidation sites excluding steroid dienone is 1. The Morgan fingerprint density at radius 1 is 1.30 bits per heavy atom. The van der Waals surface area contributed by atoms with Crippen LogP contribution in [0.4, 0.5) is 8.78 Å². The van der Waals surface area contributed by atoms with Crippen molar-refractivity contribution < 1.29 is 23.0 Å². The first-order valence-electron chi connectivity index (χ1n) is 10.0. The molecule has 0 fully saturated rings. The van der Waals surface area contributed by atoms with Gasteiger partial charge in [-0.1, -0.05) is 23.5 Å². The molecule has 0 bridgehead atoms. The van der Waals surface area contributed by atoms with Crippen molar-refractivity contribution >= 4 is 23.4 Å². The molecule has 0 aliphatic carbocycles. The third kappa shape index (κ3) is 4.49. The number of hydrogen-bond acceptors (Lipinski definition) is 7. The first-order chi connectivity index (χ1) is 15.8. The first-order valence-corrected chi connectivity index (χ1v) is 10.8. The Balaban J connectivity index is 1.89. The van der Waals surface area contributed by atoms with Crippen LogP contribution in [-0.4, -0.2) is 33.5 Å². The number of nitrogens with zero attached hydrogens (tertiary/aromatic N) is 4. The van der Waals surface area contributed by atoms with Crippen molar-refractivity contribution in [2.75, 3.05) is 6.61 Å². The zero-order valence-corrected chi connectivity index (χ0v) is 18.8. The highest BCUT2D eigenvalue weighted by molar-refractivity contribution is 7.07. The number of benzene rings is 1. The second-order valence-corrected chi connectivity index (χ2v) is 8.21. The maximum absolute atomic E-state index is 13.4. The van der Waals surface area contributed by atoms with Gasteiger partial charge >= 0.3 is 12.6 Å². The van der Waals surface area contributed by atoms with Gasteiger partial charge in [-0.05, 0) is 37.6 Å². The van der Waals surface area contributed by atoms with E-state index < -0.39 is 18.6 Å². The van der Waals surface area contributed by atoms with Crippen LogP contribution in [0.15, 0.2) is 57.7 Å². The smallest absolute Gasteiger partial charge is 0.387 e. The van der Waals surface area contributed by atoms with E-state index in [9.17, 15) is 18.4 Å². The summed E-state index contributed by atoms with van der Waals surface area (Å²) in [7, 11) is 1.77. The molecule has 8 nitrogen and oxygen atoms in total. The number of esters is 1. The molecule has 3 heterocycles. The molecule has 0 spiro atoms. The molecule has 4 rings (SSSR count). The number of ether oxygens (including phenoxy) is 2. The van der Waals surface area contributed by atoms with Gasteiger partial charge in [0, 0.05) is 18.8 Å². The van der Waals surface area contributed by atoms with Crippen molar-refractivity contribution in [1.29, 1.82) is 0 Å². The van der Waals surface area contributed by atoms with E-state index in [0.717, 1.165) is 5.56 Å². The Kier molecular flexibility index (Phi) is 6.23. The highest BCUT2D eigenvalue weighted by Gasteiger charge is 2.33. The molecular weight excluding hydrogens is 454 g/mol. The SMILES string of the molecule is CCOC(=O)C1=C(C)N=c2sc(=Cc3cnn(C)c3)c(=O)n2C1c1ccc(OC(F)F)cc1. The van der Waals surface area contributed by atoms with E-state index >= 15 is 0 Å². The van der Waals surface area contributed by atoms with Gasteiger partial charge in [0.05, 0.1) is 34.6 Å². The zero-order valence-electron chi connectivity index (χ0n) is 18.0. The molecule has 0 N–H and O–H groups in total. The molecule has 11 heteroatoms. The summed E-state index contributed by atoms with van der Waals surface area (Å²) in [5, 5.41) is 4.11. The van der Waals surface area contributed by atoms with Gasteiger partial charge in [0.25, 0.3) is 5.56 Å². The number of aromatic nitrogens is 3. The normalized spacial score (nSPS) is 16.1. The van der Waals surface area contributed by atoms with Crippen molar-refractivity contribution in [1.82, 2.24) is 14.3 Å². The van der Waals surface area contributed by atoms with E-state index in [-0.39, 0.29) is 23.5 Å². The Morgan fingerprint density at radius 3 is 2.64 bits per heavy atom. The molecule has 172 valence electrons. The molecule has 1 unspecified atom stereocenters. The molecular formula is C22H20F2N4O4S. The van der Waals surface area contributed by atoms with Gasteiger partial charge in [0.1, 0.15) is 5.75 Å². The van der Waals surface area contributed by atoms with Gasteiger partial charge in [-0.25, -0.2) is 9.79 Å². The molecule has 0 amide bonds. The quantitative estimate of drug-likeness (QED) is 0.511. The molecule has 2 aromatic heterocycles. The minimum Gasteiger partial charge on any atom is -0.463 e. The molecule has 0 radical (unpaired) electrons. The van der Waals surface area contributed by atoms with Crippen LogP contribution in [-0.2, 0) is 16.6 Å². The van der Waals surface area contributed by atoms with Crippen LogP contribution in [0.2, 0.25) is 0 Å². The molecule has 33 heavy (non-hydrogen) atoms. The van der Waals surface area contributed by atoms with Crippen LogP contribution >= 0.6 is 11.3 Å². The molecule has 0 saturated heterocycles. The van der Waals surface area contributed by atoms with Gasteiger partial charge in [0.2, 0.25) is 0 Å². The van der Waals surface area contributed by atoms with E-state index in [1.54, 1.807) is 56.2 Å². The van der Waals surface area contributed by atoms with Crippen LogP contribution in [0, 0.1) is 0 Å². The van der Waals surface area contributed by atoms with Gasteiger partial charge in [-0.3, -0.25) is 14.0 Å². The van der Waals surface area contributed by atoms with Crippen molar-refractivity contribution in [3.63, 3.8) is 0 Å². The number of fused-ring (bicyclic) bond motifs is 1. The largest absolute Gasteiger partial charge is 0.463 e. The van der Waals surface area contributed by atoms with E-state index in [1.165, 1.54) is 28.0 Å². The van der Waals surface area contributed by atoms with Crippen LogP contribution in [0.5, 0.6) is 5.75 Å². The van der Waals surface area contributed by atoms with Crippen LogP contribution in [0.3, 0.4) is 0 Å². The van der Waals surface area contributed by atoms with Crippen molar-refractivity contribution in [3.8, 4) is 5.75 Å². The fourth-order valence-corrected chi connectivity index (χ4v) is 4.65. The fraction of sp³-hybridized carbons (Fsp3) is 0.273. The lowest BCUT2D eigenvalue weighted by Gasteiger charge is -2.24. The molecule has 1 aliphatic heterocycles. The highest BCUT2D eigenvalue weighted by atomic mass is 32.1. The number of alkyl halides is 2. The lowest BCUT2D eigenvalue weighted by atomic mass is 9.96. The molecule has 1 aromatic carbocycles. The topological polar surface area (TPSA) is 87.7 Å². The number of halogens is 2. The van der Waals surface area contributed by atoms with Crippen molar-refractivity contribution in [2.45, 2.75) is 26.5 Å². The highest BCUT2D eigenvalue weighted by Crippen LogP contribution is 2.31. The molecule has 1 atom stereocenters. The second-order valence-electron chi connectivity index (χ2n) is 7.20. The Bertz CT molecular complexity index is 1400. The standard InChI is InChI=1S/C22H20F2N4O4S/c1-4-31-20(30)17-12(2)26-22-28(18(17)14-5-7-15(8-6-14)32-21(23)24)19(29)16(33-22)9-13-10-25-27(3)11-13/h5-11,18,21H,4H2,1-3H3. The van der Waals surface area contributed by atoms with Crippen LogP contribution in [0.25, 0.3) is 6.08 Å². The minimum atomic E-state index is -2.96. The summed E-state index contributed by atoms with van der Waals surface area (Å²) in [5.74, 6) is -0.630. The third-order valence-corrected chi connectivity index (χ3v) is 5.94. The van der Waals surface area contributed by atoms with Gasteiger partial charge in [-0.15, -0.1) is 0 Å². The number of aryl methyl sites for hydroxylation is 1. The monoisotopic (exact) mass is 474 g/mol. The predicted molar refractivity (Wildman–Crippen MR) is 117 cm³/mol. The van der Waals surface area contributed by atoms with Crippen molar-refractivity contribution in [2.24, 2.45) is 12.0 Å². The number of hydrogen-bond donors (Lipinski definition) is 0. The first kappa shape index (κ1) is 22.6. The summed E-state index contributed by atoms with van der Waals surface area (Å²) in [6.45, 7) is 0.543. The maximum atomic E-state index is 13.4. The van der Waals surface area contributed by atoms with E-state index in [2.05, 4.69) is 14.8 Å². The third-order valence-electron chi connectivity index (χ3n) is 4.96. The Labute approximate surface area is 190 Å². The maximum Gasteiger partial charge on any atom is 0.387 e. The molecule has 1 aliphatic rings.